The van der Waals surface area contributed by atoms with Crippen molar-refractivity contribution in [3.05, 3.63) is 107 Å². The monoisotopic (exact) mass is 449 g/mol. The molecule has 3 aromatic rings. The summed E-state index contributed by atoms with van der Waals surface area (Å²) in [5, 5.41) is 13.1. The van der Waals surface area contributed by atoms with E-state index in [0.29, 0.717) is 16.7 Å². The van der Waals surface area contributed by atoms with Crippen LogP contribution < -0.4 is 10.6 Å². The highest BCUT2D eigenvalue weighted by atomic mass is 32.1. The fraction of sp³-hybridized carbons (Fsp3) is 0.160. The summed E-state index contributed by atoms with van der Waals surface area (Å²) in [6.45, 7) is 0.0987. The first-order valence-corrected chi connectivity index (χ1v) is 10.7. The molecule has 3 aromatic carbocycles. The van der Waals surface area contributed by atoms with Crippen LogP contribution in [0, 0.1) is 0 Å². The van der Waals surface area contributed by atoms with Gasteiger partial charge in [0.15, 0.2) is 11.8 Å². The Bertz CT molecular complexity index is 1090. The van der Waals surface area contributed by atoms with E-state index in [2.05, 4.69) is 17.9 Å². The Hall–Kier alpha value is -3.42. The molecule has 0 aliphatic rings. The molecule has 2 atom stereocenters. The molecule has 1 unspecified atom stereocenters. The zero-order chi connectivity index (χ0) is 23.8. The van der Waals surface area contributed by atoms with Crippen LogP contribution in [0.1, 0.15) is 33.1 Å². The van der Waals surface area contributed by atoms with Gasteiger partial charge in [-0.1, -0.05) is 84.9 Å². The molecule has 7 heteroatoms. The molecule has 0 saturated heterocycles. The van der Waals surface area contributed by atoms with E-state index in [1.54, 1.807) is 78.9 Å². The van der Waals surface area contributed by atoms with E-state index in [-0.39, 0.29) is 18.1 Å². The minimum Gasteiger partial charge on any atom is -0.479 e. The maximum atomic E-state index is 12.8. The van der Waals surface area contributed by atoms with E-state index in [9.17, 15) is 19.5 Å². The van der Waals surface area contributed by atoms with Crippen molar-refractivity contribution in [1.82, 2.24) is 10.6 Å². The summed E-state index contributed by atoms with van der Waals surface area (Å²) < 4.78 is 8.34. The Morgan fingerprint density at radius 2 is 1.44 bits per heavy atom. The number of ketones is 1. The van der Waals surface area contributed by atoms with Crippen LogP contribution >= 0.6 is 12.6 Å². The van der Waals surface area contributed by atoms with Crippen LogP contribution in [0.3, 0.4) is 0 Å². The standard InChI is InChI=1S/C25H24N2O4S/c28-23(19-9-5-2-6-10-19)20-13-11-17(12-14-20)15-26-21(16-32)24(29)27-22(25(30)31)18-7-3-1-4-8-18/h1-14,21-22,26,32H,15-16H2,(H,27,29)(H,30,31)/t21-,22?/m0/s1/i/hD. The summed E-state index contributed by atoms with van der Waals surface area (Å²) in [7, 11) is 0. The molecule has 0 heterocycles. The Balaban J connectivity index is 1.66. The number of hydrogen-bond acceptors (Lipinski definition) is 5. The lowest BCUT2D eigenvalue weighted by Gasteiger charge is -2.20. The average molecular weight is 450 g/mol. The quantitative estimate of drug-likeness (QED) is 0.282. The average Bonchev–Trinajstić information content (AvgIpc) is 2.84. The summed E-state index contributed by atoms with van der Waals surface area (Å²) in [5.74, 6) is -1.87. The third-order valence-corrected chi connectivity index (χ3v) is 5.23. The zero-order valence-electron chi connectivity index (χ0n) is 18.2. The van der Waals surface area contributed by atoms with Crippen LogP contribution in [0.25, 0.3) is 0 Å². The predicted molar refractivity (Wildman–Crippen MR) is 126 cm³/mol. The number of hydrogen-bond donors (Lipinski definition) is 4. The van der Waals surface area contributed by atoms with Gasteiger partial charge in [-0.25, -0.2) is 4.79 Å². The molecule has 0 saturated carbocycles. The van der Waals surface area contributed by atoms with Crippen molar-refractivity contribution in [2.24, 2.45) is 0 Å². The van der Waals surface area contributed by atoms with Gasteiger partial charge in [0.2, 0.25) is 5.91 Å². The Morgan fingerprint density at radius 3 is 2.00 bits per heavy atom. The van der Waals surface area contributed by atoms with E-state index in [4.69, 9.17) is 1.41 Å². The Morgan fingerprint density at radius 1 is 0.875 bits per heavy atom. The Kier molecular flexibility index (Phi) is 7.68. The topological polar surface area (TPSA) is 95.5 Å². The van der Waals surface area contributed by atoms with Gasteiger partial charge in [0.25, 0.3) is 0 Å². The van der Waals surface area contributed by atoms with Gasteiger partial charge in [0.1, 0.15) is 1.41 Å². The van der Waals surface area contributed by atoms with Gasteiger partial charge in [-0.3, -0.25) is 9.59 Å². The zero-order valence-corrected chi connectivity index (χ0v) is 18.1. The molecule has 0 radical (unpaired) electrons. The van der Waals surface area contributed by atoms with Gasteiger partial charge < -0.3 is 15.7 Å². The van der Waals surface area contributed by atoms with E-state index in [1.165, 1.54) is 0 Å². The van der Waals surface area contributed by atoms with Crippen LogP contribution in [0.2, 0.25) is 1.41 Å². The van der Waals surface area contributed by atoms with Crippen molar-refractivity contribution >= 4 is 30.3 Å². The molecule has 0 aliphatic heterocycles. The van der Waals surface area contributed by atoms with Crippen molar-refractivity contribution in [3.63, 3.8) is 0 Å². The second kappa shape index (κ2) is 11.3. The first kappa shape index (κ1) is 21.8. The molecule has 3 rings (SSSR count). The highest BCUT2D eigenvalue weighted by Crippen LogP contribution is 2.14. The molecule has 3 N–H and O–H groups in total. The predicted octanol–water partition coefficient (Wildman–Crippen LogP) is 3.25. The highest BCUT2D eigenvalue weighted by Gasteiger charge is 2.25. The van der Waals surface area contributed by atoms with E-state index >= 15 is 0 Å². The van der Waals surface area contributed by atoms with E-state index < -0.39 is 24.0 Å². The van der Waals surface area contributed by atoms with Crippen LogP contribution in [0.4, 0.5) is 0 Å². The van der Waals surface area contributed by atoms with Crippen LogP contribution in [-0.4, -0.2) is 34.6 Å². The van der Waals surface area contributed by atoms with Crippen LogP contribution in [-0.2, 0) is 16.1 Å². The number of benzene rings is 3. The summed E-state index contributed by atoms with van der Waals surface area (Å²) in [5.41, 5.74) is 2.28. The fourth-order valence-corrected chi connectivity index (χ4v) is 3.41. The van der Waals surface area contributed by atoms with Gasteiger partial charge >= 0.3 is 5.97 Å². The van der Waals surface area contributed by atoms with Gasteiger partial charge in [-0.05, 0) is 11.1 Å². The van der Waals surface area contributed by atoms with Crippen molar-refractivity contribution in [3.8, 4) is 0 Å². The summed E-state index contributed by atoms with van der Waals surface area (Å²) in [6, 6.07) is 21.9. The minimum atomic E-state index is -1.22. The number of carbonyl (C=O) groups excluding carboxylic acids is 2. The molecule has 0 aromatic heterocycles. The molecular formula is C25H24N2O4S. The van der Waals surface area contributed by atoms with Crippen molar-refractivity contribution in [2.45, 2.75) is 18.6 Å². The number of carboxylic acids is 1. The van der Waals surface area contributed by atoms with Gasteiger partial charge in [0.05, 0.1) is 6.04 Å². The smallest absolute Gasteiger partial charge is 0.330 e. The molecular weight excluding hydrogens is 424 g/mol. The van der Waals surface area contributed by atoms with Gasteiger partial charge in [-0.2, -0.15) is 12.6 Å². The van der Waals surface area contributed by atoms with Crippen molar-refractivity contribution in [1.29, 1.82) is 0 Å². The number of amides is 1. The molecule has 0 spiro atoms. The minimum absolute atomic E-state index is 0.0288. The summed E-state index contributed by atoms with van der Waals surface area (Å²) >= 11 is 4.19. The fourth-order valence-electron chi connectivity index (χ4n) is 3.13. The van der Waals surface area contributed by atoms with Crippen LogP contribution in [0.15, 0.2) is 84.9 Å². The molecule has 1 amide bonds. The lowest BCUT2D eigenvalue weighted by Crippen LogP contribution is -2.47. The number of aliphatic carboxylic acids is 1. The number of thiol groups is 1. The highest BCUT2D eigenvalue weighted by molar-refractivity contribution is 7.80. The third kappa shape index (κ3) is 6.06. The first-order valence-electron chi connectivity index (χ1n) is 10.5. The SMILES string of the molecule is [2H]N(Cc1ccc(C(=O)c2ccccc2)cc1)[C@@H](CS)C(=O)NC(C(=O)O)c1ccccc1. The molecule has 164 valence electrons. The van der Waals surface area contributed by atoms with Gasteiger partial charge in [-0.15, -0.1) is 0 Å². The maximum absolute atomic E-state index is 12.8. The maximum Gasteiger partial charge on any atom is 0.330 e. The first-order chi connectivity index (χ1) is 15.9. The Labute approximate surface area is 193 Å². The number of carbonyl (C=O) groups is 3. The molecule has 32 heavy (non-hydrogen) atoms. The second-order valence-corrected chi connectivity index (χ2v) is 7.49. The number of rotatable bonds is 10. The van der Waals surface area contributed by atoms with E-state index in [0.717, 1.165) is 10.9 Å². The number of carboxylic acid groups (broad SMARTS) is 1. The third-order valence-electron chi connectivity index (χ3n) is 4.89. The molecule has 0 aliphatic carbocycles. The normalized spacial score (nSPS) is 13.1. The van der Waals surface area contributed by atoms with E-state index in [1.807, 2.05) is 6.07 Å². The lowest BCUT2D eigenvalue weighted by atomic mass is 10.0. The largest absolute Gasteiger partial charge is 0.479 e. The summed E-state index contributed by atoms with van der Waals surface area (Å²) in [4.78, 5) is 37.0. The second-order valence-electron chi connectivity index (χ2n) is 7.12. The van der Waals surface area contributed by atoms with Gasteiger partial charge in [0, 0.05) is 23.4 Å². The van der Waals surface area contributed by atoms with Crippen molar-refractivity contribution in [2.75, 3.05) is 5.75 Å². The molecule has 6 nitrogen and oxygen atoms in total. The van der Waals surface area contributed by atoms with Crippen molar-refractivity contribution < 1.29 is 20.9 Å². The summed E-state index contributed by atoms with van der Waals surface area (Å²) in [6.07, 6.45) is 0. The van der Waals surface area contributed by atoms with Crippen LogP contribution in [0.5, 0.6) is 0 Å². The lowest BCUT2D eigenvalue weighted by molar-refractivity contribution is -0.142. The number of nitrogens with one attached hydrogen (secondary N) is 2. The molecule has 0 bridgehead atoms. The molecule has 0 fully saturated rings.